The van der Waals surface area contributed by atoms with E-state index in [-0.39, 0.29) is 23.5 Å². The maximum absolute atomic E-state index is 12.0. The lowest BCUT2D eigenvalue weighted by Crippen LogP contribution is -2.48. The topological polar surface area (TPSA) is 87.7 Å². The van der Waals surface area contributed by atoms with Gasteiger partial charge in [-0.3, -0.25) is 9.80 Å². The summed E-state index contributed by atoms with van der Waals surface area (Å²) in [4.78, 5) is 14.3. The fourth-order valence-corrected chi connectivity index (χ4v) is 6.10. The zero-order valence-electron chi connectivity index (χ0n) is 15.6. The van der Waals surface area contributed by atoms with E-state index in [9.17, 15) is 8.42 Å². The van der Waals surface area contributed by atoms with Crippen LogP contribution in [0.4, 0.5) is 0 Å². The van der Waals surface area contributed by atoms with Crippen LogP contribution in [-0.4, -0.2) is 78.3 Å². The molecule has 3 atom stereocenters. The molecule has 4 heterocycles. The van der Waals surface area contributed by atoms with Crippen molar-refractivity contribution in [3.8, 4) is 0 Å². The molecule has 0 aliphatic carbocycles. The second-order valence-corrected chi connectivity index (χ2v) is 10.7. The van der Waals surface area contributed by atoms with Gasteiger partial charge in [0.15, 0.2) is 0 Å². The first kappa shape index (κ1) is 20.4. The highest BCUT2D eigenvalue weighted by atomic mass is 35.5. The number of alkyl halides is 1. The lowest BCUT2D eigenvalue weighted by Gasteiger charge is -2.40. The molecule has 154 valence electrons. The smallest absolute Gasteiger partial charge is 0.211 e. The number of nitrogens with zero attached hydrogens (tertiary/aromatic N) is 4. The molecule has 2 saturated heterocycles. The molecule has 2 aliphatic heterocycles. The number of thiophene rings is 1. The summed E-state index contributed by atoms with van der Waals surface area (Å²) in [6.07, 6.45) is 4.19. The summed E-state index contributed by atoms with van der Waals surface area (Å²) in [6, 6.07) is 2.03. The van der Waals surface area contributed by atoms with Crippen molar-refractivity contribution in [2.45, 2.75) is 31.1 Å². The molecule has 4 rings (SSSR count). The summed E-state index contributed by atoms with van der Waals surface area (Å²) >= 11 is 7.94. The van der Waals surface area contributed by atoms with Gasteiger partial charge in [-0.1, -0.05) is 11.6 Å². The molecular weight excluding hydrogens is 422 g/mol. The van der Waals surface area contributed by atoms with Crippen LogP contribution in [0.2, 0.25) is 0 Å². The molecule has 2 aromatic rings. The maximum atomic E-state index is 12.0. The van der Waals surface area contributed by atoms with Gasteiger partial charge in [-0.05, 0) is 19.4 Å². The van der Waals surface area contributed by atoms with E-state index < -0.39 is 10.0 Å². The van der Waals surface area contributed by atoms with Gasteiger partial charge in [-0.15, -0.1) is 11.3 Å². The predicted octanol–water partition coefficient (Wildman–Crippen LogP) is 1.60. The predicted molar refractivity (Wildman–Crippen MR) is 110 cm³/mol. The minimum Gasteiger partial charge on any atom is -0.360 e. The van der Waals surface area contributed by atoms with Crippen LogP contribution >= 0.6 is 22.9 Å². The van der Waals surface area contributed by atoms with E-state index >= 15 is 0 Å². The van der Waals surface area contributed by atoms with Crippen molar-refractivity contribution in [3.63, 3.8) is 0 Å². The zero-order valence-corrected chi connectivity index (χ0v) is 18.0. The minimum absolute atomic E-state index is 0.0143. The van der Waals surface area contributed by atoms with Gasteiger partial charge in [0.1, 0.15) is 11.9 Å². The summed E-state index contributed by atoms with van der Waals surface area (Å²) in [5, 5.41) is 0. The molecule has 3 unspecified atom stereocenters. The van der Waals surface area contributed by atoms with E-state index in [1.807, 2.05) is 6.20 Å². The van der Waals surface area contributed by atoms with Gasteiger partial charge >= 0.3 is 0 Å². The first-order chi connectivity index (χ1) is 13.4. The average Bonchev–Trinajstić information content (AvgIpc) is 3.28. The van der Waals surface area contributed by atoms with Crippen molar-refractivity contribution < 1.29 is 13.2 Å². The molecule has 0 amide bonds. The normalized spacial score (nSPS) is 26.1. The number of hydrogen-bond donors (Lipinski definition) is 1. The number of sulfonamides is 1. The number of ether oxygens (including phenoxy) is 1. The molecule has 0 saturated carbocycles. The van der Waals surface area contributed by atoms with Crippen LogP contribution in [-0.2, 0) is 14.8 Å². The van der Waals surface area contributed by atoms with E-state index in [1.165, 1.54) is 4.88 Å². The molecule has 28 heavy (non-hydrogen) atoms. The Morgan fingerprint density at radius 3 is 2.96 bits per heavy atom. The van der Waals surface area contributed by atoms with Gasteiger partial charge in [0.25, 0.3) is 0 Å². The third-order valence-corrected chi connectivity index (χ3v) is 7.98. The van der Waals surface area contributed by atoms with E-state index in [0.717, 1.165) is 29.7 Å². The summed E-state index contributed by atoms with van der Waals surface area (Å²) < 4.78 is 33.3. The molecule has 2 aromatic heterocycles. The van der Waals surface area contributed by atoms with Crippen molar-refractivity contribution in [2.75, 3.05) is 38.5 Å². The van der Waals surface area contributed by atoms with Crippen molar-refractivity contribution in [1.82, 2.24) is 24.5 Å². The Labute approximate surface area is 173 Å². The Morgan fingerprint density at radius 1 is 1.39 bits per heavy atom. The van der Waals surface area contributed by atoms with Crippen molar-refractivity contribution >= 4 is 43.2 Å². The van der Waals surface area contributed by atoms with Crippen LogP contribution < -0.4 is 4.72 Å². The first-order valence-corrected chi connectivity index (χ1v) is 12.3. The monoisotopic (exact) mass is 445 g/mol. The zero-order chi connectivity index (χ0) is 19.7. The highest BCUT2D eigenvalue weighted by Crippen LogP contribution is 2.36. The number of fused-ring (bicyclic) bond motifs is 1. The van der Waals surface area contributed by atoms with E-state index in [0.29, 0.717) is 19.7 Å². The molecule has 11 heteroatoms. The third-order valence-electron chi connectivity index (χ3n) is 5.16. The van der Waals surface area contributed by atoms with Gasteiger partial charge in [-0.2, -0.15) is 0 Å². The van der Waals surface area contributed by atoms with Crippen LogP contribution in [0.5, 0.6) is 0 Å². The largest absolute Gasteiger partial charge is 0.360 e. The Bertz CT molecular complexity index is 891. The van der Waals surface area contributed by atoms with Gasteiger partial charge in [-0.25, -0.2) is 23.1 Å². The number of nitrogens with one attached hydrogen (secondary N) is 1. The van der Waals surface area contributed by atoms with Gasteiger partial charge in [0.2, 0.25) is 10.0 Å². The van der Waals surface area contributed by atoms with Crippen LogP contribution in [0.25, 0.3) is 10.2 Å². The average molecular weight is 446 g/mol. The second-order valence-electron chi connectivity index (χ2n) is 7.07. The molecule has 0 bridgehead atoms. The SMILES string of the molecule is CCS(=O)(=O)NC1CCN(C(c2cc3ncncc3s2)N2CCOC(Cl)C2)C1. The second kappa shape index (κ2) is 8.47. The molecule has 8 nitrogen and oxygen atoms in total. The quantitative estimate of drug-likeness (QED) is 0.675. The number of rotatable bonds is 6. The van der Waals surface area contributed by atoms with Crippen LogP contribution in [0, 0.1) is 0 Å². The summed E-state index contributed by atoms with van der Waals surface area (Å²) in [5.41, 5.74) is 0.584. The first-order valence-electron chi connectivity index (χ1n) is 9.38. The molecule has 0 aromatic carbocycles. The summed E-state index contributed by atoms with van der Waals surface area (Å²) in [7, 11) is -3.22. The Hall–Kier alpha value is -0.880. The summed E-state index contributed by atoms with van der Waals surface area (Å²) in [5.74, 6) is 0.0965. The number of aromatic nitrogens is 2. The molecular formula is C17H24ClN5O3S2. The van der Waals surface area contributed by atoms with Gasteiger partial charge in [0, 0.05) is 43.3 Å². The Morgan fingerprint density at radius 2 is 2.21 bits per heavy atom. The lowest BCUT2D eigenvalue weighted by atomic mass is 10.2. The fourth-order valence-electron chi connectivity index (χ4n) is 3.81. The van der Waals surface area contributed by atoms with Crippen LogP contribution in [0.15, 0.2) is 18.6 Å². The molecule has 2 fully saturated rings. The van der Waals surface area contributed by atoms with Crippen molar-refractivity contribution in [3.05, 3.63) is 23.5 Å². The van der Waals surface area contributed by atoms with Crippen LogP contribution in [0.3, 0.4) is 0 Å². The van der Waals surface area contributed by atoms with E-state index in [4.69, 9.17) is 16.3 Å². The van der Waals surface area contributed by atoms with Gasteiger partial charge in [0.05, 0.1) is 28.7 Å². The van der Waals surface area contributed by atoms with E-state index in [1.54, 1.807) is 24.6 Å². The molecule has 2 aliphatic rings. The Balaban J connectivity index is 1.60. The van der Waals surface area contributed by atoms with Gasteiger partial charge < -0.3 is 4.74 Å². The minimum atomic E-state index is -3.22. The van der Waals surface area contributed by atoms with E-state index in [2.05, 4.69) is 30.6 Å². The number of likely N-dealkylation sites (tertiary alicyclic amines) is 1. The third kappa shape index (κ3) is 4.48. The standard InChI is InChI=1S/C17H24ClN5O3S2/c1-2-28(24,25)21-12-3-4-22(9-12)17(23-5-6-26-16(18)10-23)14-7-13-15(27-14)8-19-11-20-13/h7-8,11-12,16-17,21H,2-6,9-10H2,1H3. The fraction of sp³-hybridized carbons (Fsp3) is 0.647. The maximum Gasteiger partial charge on any atom is 0.211 e. The van der Waals surface area contributed by atoms with Crippen LogP contribution in [0.1, 0.15) is 24.4 Å². The van der Waals surface area contributed by atoms with Crippen molar-refractivity contribution in [1.29, 1.82) is 0 Å². The highest BCUT2D eigenvalue weighted by Gasteiger charge is 2.37. The highest BCUT2D eigenvalue weighted by molar-refractivity contribution is 7.89. The lowest BCUT2D eigenvalue weighted by molar-refractivity contribution is -0.0426. The molecule has 0 radical (unpaired) electrons. The number of hydrogen-bond acceptors (Lipinski definition) is 8. The summed E-state index contributed by atoms with van der Waals surface area (Å²) in [6.45, 7) is 5.10. The Kier molecular flexibility index (Phi) is 6.17. The molecule has 0 spiro atoms. The number of morpholine rings is 1. The molecule has 1 N–H and O–H groups in total. The number of halogens is 1. The van der Waals surface area contributed by atoms with Crippen molar-refractivity contribution in [2.24, 2.45) is 0 Å².